The van der Waals surface area contributed by atoms with E-state index in [9.17, 15) is 18.0 Å². The summed E-state index contributed by atoms with van der Waals surface area (Å²) in [4.78, 5) is 12.8. The van der Waals surface area contributed by atoms with Crippen LogP contribution in [0.5, 0.6) is 0 Å². The largest absolute Gasteiger partial charge is 0.418 e. The number of halogens is 4. The van der Waals surface area contributed by atoms with E-state index in [1.54, 1.807) is 0 Å². The molecule has 2 aromatic carbocycles. The molecule has 0 aliphatic rings. The highest BCUT2D eigenvalue weighted by Gasteiger charge is 2.34. The van der Waals surface area contributed by atoms with E-state index >= 15 is 0 Å². The Morgan fingerprint density at radius 1 is 1.13 bits per heavy atom. The molecule has 1 N–H and O–H groups in total. The summed E-state index contributed by atoms with van der Waals surface area (Å²) < 4.78 is 38.8. The SMILES string of the molecule is O=C(CCSc1ccccc1)Nc1ccc(Cl)cc1C(F)(F)F. The molecule has 0 heterocycles. The average Bonchev–Trinajstić information content (AvgIpc) is 2.49. The third-order valence-corrected chi connectivity index (χ3v) is 4.15. The van der Waals surface area contributed by atoms with E-state index in [0.717, 1.165) is 17.0 Å². The number of thioether (sulfide) groups is 1. The zero-order valence-electron chi connectivity index (χ0n) is 11.9. The Bertz CT molecular complexity index is 677. The second-order valence-electron chi connectivity index (χ2n) is 4.65. The first-order valence-electron chi connectivity index (χ1n) is 6.71. The molecule has 0 fully saturated rings. The molecular formula is C16H13ClF3NOS. The zero-order chi connectivity index (χ0) is 16.9. The molecule has 7 heteroatoms. The van der Waals surface area contributed by atoms with Gasteiger partial charge in [0.05, 0.1) is 11.3 Å². The Kier molecular flexibility index (Phi) is 5.96. The third-order valence-electron chi connectivity index (χ3n) is 2.90. The molecule has 1 amide bonds. The second-order valence-corrected chi connectivity index (χ2v) is 6.25. The van der Waals surface area contributed by atoms with Crippen molar-refractivity contribution < 1.29 is 18.0 Å². The average molecular weight is 360 g/mol. The topological polar surface area (TPSA) is 29.1 Å². The van der Waals surface area contributed by atoms with Gasteiger partial charge in [-0.1, -0.05) is 29.8 Å². The van der Waals surface area contributed by atoms with Crippen LogP contribution in [-0.4, -0.2) is 11.7 Å². The van der Waals surface area contributed by atoms with E-state index in [4.69, 9.17) is 11.6 Å². The van der Waals surface area contributed by atoms with Gasteiger partial charge in [-0.05, 0) is 30.3 Å². The van der Waals surface area contributed by atoms with E-state index in [0.29, 0.717) is 5.75 Å². The van der Waals surface area contributed by atoms with Crippen LogP contribution in [0.3, 0.4) is 0 Å². The van der Waals surface area contributed by atoms with Crippen LogP contribution in [0.2, 0.25) is 5.02 Å². The number of carbonyl (C=O) groups is 1. The molecule has 0 aliphatic carbocycles. The van der Waals surface area contributed by atoms with Gasteiger partial charge in [0.15, 0.2) is 0 Å². The van der Waals surface area contributed by atoms with Crippen LogP contribution in [0.1, 0.15) is 12.0 Å². The van der Waals surface area contributed by atoms with Gasteiger partial charge in [0.2, 0.25) is 5.91 Å². The molecule has 0 saturated heterocycles. The van der Waals surface area contributed by atoms with Gasteiger partial charge in [-0.2, -0.15) is 13.2 Å². The molecule has 0 atom stereocenters. The number of amides is 1. The van der Waals surface area contributed by atoms with Gasteiger partial charge in [0.25, 0.3) is 0 Å². The lowest BCUT2D eigenvalue weighted by Gasteiger charge is -2.14. The molecule has 0 aromatic heterocycles. The number of anilines is 1. The lowest BCUT2D eigenvalue weighted by Crippen LogP contribution is -2.16. The maximum atomic E-state index is 12.9. The van der Waals surface area contributed by atoms with Crippen LogP contribution >= 0.6 is 23.4 Å². The number of nitrogens with one attached hydrogen (secondary N) is 1. The Morgan fingerprint density at radius 3 is 2.48 bits per heavy atom. The maximum Gasteiger partial charge on any atom is 0.418 e. The summed E-state index contributed by atoms with van der Waals surface area (Å²) in [6.45, 7) is 0. The summed E-state index contributed by atoms with van der Waals surface area (Å²) >= 11 is 7.06. The molecule has 122 valence electrons. The molecule has 2 rings (SSSR count). The first kappa shape index (κ1) is 17.7. The standard InChI is InChI=1S/C16H13ClF3NOS/c17-11-6-7-14(13(10-11)16(18,19)20)21-15(22)8-9-23-12-4-2-1-3-5-12/h1-7,10H,8-9H2,(H,21,22). The smallest absolute Gasteiger partial charge is 0.325 e. The quantitative estimate of drug-likeness (QED) is 0.716. The van der Waals surface area contributed by atoms with Crippen molar-refractivity contribution in [3.63, 3.8) is 0 Å². The van der Waals surface area contributed by atoms with Crippen molar-refractivity contribution in [2.24, 2.45) is 0 Å². The number of hydrogen-bond donors (Lipinski definition) is 1. The van der Waals surface area contributed by atoms with Gasteiger partial charge in [-0.15, -0.1) is 11.8 Å². The van der Waals surface area contributed by atoms with Crippen molar-refractivity contribution in [2.45, 2.75) is 17.5 Å². The highest BCUT2D eigenvalue weighted by Crippen LogP contribution is 2.36. The predicted octanol–water partition coefficient (Wildman–Crippen LogP) is 5.48. The van der Waals surface area contributed by atoms with Crippen molar-refractivity contribution in [1.29, 1.82) is 0 Å². The molecule has 0 aliphatic heterocycles. The number of hydrogen-bond acceptors (Lipinski definition) is 2. The van der Waals surface area contributed by atoms with E-state index in [1.165, 1.54) is 17.8 Å². The van der Waals surface area contributed by atoms with Crippen molar-refractivity contribution in [3.05, 3.63) is 59.1 Å². The molecular weight excluding hydrogens is 347 g/mol. The summed E-state index contributed by atoms with van der Waals surface area (Å²) in [6.07, 6.45) is -4.47. The van der Waals surface area contributed by atoms with Crippen LogP contribution in [0.15, 0.2) is 53.4 Å². The van der Waals surface area contributed by atoms with E-state index in [2.05, 4.69) is 5.32 Å². The van der Waals surface area contributed by atoms with Crippen molar-refractivity contribution >= 4 is 35.0 Å². The van der Waals surface area contributed by atoms with Crippen molar-refractivity contribution in [1.82, 2.24) is 0 Å². The molecule has 2 aromatic rings. The summed E-state index contributed by atoms with van der Waals surface area (Å²) in [5.41, 5.74) is -1.23. The van der Waals surface area contributed by atoms with Crippen molar-refractivity contribution in [3.8, 4) is 0 Å². The monoisotopic (exact) mass is 359 g/mol. The Morgan fingerprint density at radius 2 is 1.83 bits per heavy atom. The maximum absolute atomic E-state index is 12.9. The number of benzene rings is 2. The molecule has 0 radical (unpaired) electrons. The van der Waals surface area contributed by atoms with E-state index < -0.39 is 17.6 Å². The lowest BCUT2D eigenvalue weighted by atomic mass is 10.1. The Hall–Kier alpha value is -1.66. The number of carbonyl (C=O) groups excluding carboxylic acids is 1. The molecule has 23 heavy (non-hydrogen) atoms. The Balaban J connectivity index is 1.95. The van der Waals surface area contributed by atoms with Gasteiger partial charge in [-0.3, -0.25) is 4.79 Å². The first-order chi connectivity index (χ1) is 10.9. The number of rotatable bonds is 5. The predicted molar refractivity (Wildman–Crippen MR) is 86.9 cm³/mol. The highest BCUT2D eigenvalue weighted by atomic mass is 35.5. The summed E-state index contributed by atoms with van der Waals surface area (Å²) in [6, 6.07) is 12.7. The molecule has 2 nitrogen and oxygen atoms in total. The van der Waals surface area contributed by atoms with Crippen LogP contribution in [0.4, 0.5) is 18.9 Å². The molecule has 0 bridgehead atoms. The summed E-state index contributed by atoms with van der Waals surface area (Å²) in [5, 5.41) is 2.27. The fourth-order valence-corrected chi connectivity index (χ4v) is 2.90. The van der Waals surface area contributed by atoms with Gasteiger partial charge < -0.3 is 5.32 Å². The lowest BCUT2D eigenvalue weighted by molar-refractivity contribution is -0.137. The molecule has 0 spiro atoms. The van der Waals surface area contributed by atoms with E-state index in [-0.39, 0.29) is 17.1 Å². The second kappa shape index (κ2) is 7.75. The van der Waals surface area contributed by atoms with Crippen LogP contribution in [0, 0.1) is 0 Å². The highest BCUT2D eigenvalue weighted by molar-refractivity contribution is 7.99. The van der Waals surface area contributed by atoms with Crippen molar-refractivity contribution in [2.75, 3.05) is 11.1 Å². The minimum absolute atomic E-state index is 0.0324. The summed E-state index contributed by atoms with van der Waals surface area (Å²) in [5.74, 6) is 0.00591. The fourth-order valence-electron chi connectivity index (χ4n) is 1.85. The van der Waals surface area contributed by atoms with Gasteiger partial charge in [-0.25, -0.2) is 0 Å². The third kappa shape index (κ3) is 5.48. The van der Waals surface area contributed by atoms with Gasteiger partial charge in [0.1, 0.15) is 0 Å². The minimum atomic E-state index is -4.58. The van der Waals surface area contributed by atoms with Crippen LogP contribution in [-0.2, 0) is 11.0 Å². The van der Waals surface area contributed by atoms with E-state index in [1.807, 2.05) is 30.3 Å². The van der Waals surface area contributed by atoms with Crippen LogP contribution in [0.25, 0.3) is 0 Å². The number of alkyl halides is 3. The molecule has 0 unspecified atom stereocenters. The fraction of sp³-hybridized carbons (Fsp3) is 0.188. The first-order valence-corrected chi connectivity index (χ1v) is 8.07. The minimum Gasteiger partial charge on any atom is -0.325 e. The molecule has 0 saturated carbocycles. The normalized spacial score (nSPS) is 11.3. The van der Waals surface area contributed by atoms with Crippen LogP contribution < -0.4 is 5.32 Å². The summed E-state index contributed by atoms with van der Waals surface area (Å²) in [7, 11) is 0. The zero-order valence-corrected chi connectivity index (χ0v) is 13.4. The van der Waals surface area contributed by atoms with Gasteiger partial charge >= 0.3 is 6.18 Å². The Labute approximate surface area is 141 Å². The van der Waals surface area contributed by atoms with Gasteiger partial charge in [0, 0.05) is 22.1 Å².